The number of carbonyl (C=O) groups excluding carboxylic acids is 1. The summed E-state index contributed by atoms with van der Waals surface area (Å²) >= 11 is 11.3. The number of alkyl halides is 6. The van der Waals surface area contributed by atoms with Gasteiger partial charge in [0.1, 0.15) is 11.8 Å². The lowest BCUT2D eigenvalue weighted by Crippen LogP contribution is -2.42. The molecule has 2 aromatic rings. The van der Waals surface area contributed by atoms with E-state index in [4.69, 9.17) is 23.2 Å². The lowest BCUT2D eigenvalue weighted by molar-refractivity contribution is -0.137. The van der Waals surface area contributed by atoms with E-state index in [2.05, 4.69) is 10.4 Å². The average molecular weight is 548 g/mol. The number of amides is 1. The summed E-state index contributed by atoms with van der Waals surface area (Å²) in [6.07, 6.45) is -4.80. The van der Waals surface area contributed by atoms with Gasteiger partial charge in [-0.2, -0.15) is 36.7 Å². The number of nitriles is 1. The zero-order valence-corrected chi connectivity index (χ0v) is 20.1. The van der Waals surface area contributed by atoms with Crippen molar-refractivity contribution in [2.24, 2.45) is 0 Å². The van der Waals surface area contributed by atoms with E-state index in [0.29, 0.717) is 29.9 Å². The zero-order valence-electron chi connectivity index (χ0n) is 17.8. The molecule has 1 heterocycles. The molecule has 1 aromatic carbocycles. The molecule has 0 aliphatic heterocycles. The number of benzene rings is 1. The molecule has 1 unspecified atom stereocenters. The molecule has 1 aromatic heterocycles. The van der Waals surface area contributed by atoms with Crippen molar-refractivity contribution in [2.45, 2.75) is 43.4 Å². The third-order valence-electron chi connectivity index (χ3n) is 4.70. The van der Waals surface area contributed by atoms with Gasteiger partial charge in [0.25, 0.3) is 0 Å². The van der Waals surface area contributed by atoms with Gasteiger partial charge in [-0.05, 0) is 43.9 Å². The lowest BCUT2D eigenvalue weighted by atomic mass is 10.2. The van der Waals surface area contributed by atoms with Crippen molar-refractivity contribution in [1.29, 1.82) is 5.26 Å². The van der Waals surface area contributed by atoms with Crippen molar-refractivity contribution < 1.29 is 31.1 Å². The van der Waals surface area contributed by atoms with Crippen molar-refractivity contribution >= 4 is 46.7 Å². The van der Waals surface area contributed by atoms with Gasteiger partial charge in [-0.3, -0.25) is 9.69 Å². The Morgan fingerprint density at radius 3 is 2.15 bits per heavy atom. The van der Waals surface area contributed by atoms with E-state index in [1.54, 1.807) is 18.7 Å². The van der Waals surface area contributed by atoms with Gasteiger partial charge in [0.05, 0.1) is 26.5 Å². The van der Waals surface area contributed by atoms with E-state index in [1.165, 1.54) is 13.0 Å². The first kappa shape index (κ1) is 28.1. The van der Waals surface area contributed by atoms with Crippen molar-refractivity contribution in [3.8, 4) is 11.8 Å². The first-order valence-corrected chi connectivity index (χ1v) is 11.1. The number of carbonyl (C=O) groups is 1. The number of halogens is 8. The van der Waals surface area contributed by atoms with Crippen LogP contribution in [0.5, 0.6) is 0 Å². The molecule has 186 valence electrons. The molecule has 0 aliphatic rings. The molecular formula is C19H17Cl2F6N5OS. The minimum Gasteiger partial charge on any atom is -0.308 e. The third-order valence-corrected chi connectivity index (χ3v) is 6.10. The largest absolute Gasteiger partial charge is 0.446 e. The van der Waals surface area contributed by atoms with Crippen LogP contribution in [0.25, 0.3) is 5.69 Å². The van der Waals surface area contributed by atoms with E-state index in [1.807, 2.05) is 0 Å². The van der Waals surface area contributed by atoms with E-state index in [-0.39, 0.29) is 0 Å². The quantitative estimate of drug-likeness (QED) is 0.323. The highest BCUT2D eigenvalue weighted by Gasteiger charge is 2.37. The molecular weight excluding hydrogens is 531 g/mol. The zero-order chi connectivity index (χ0) is 26.0. The molecule has 1 amide bonds. The summed E-state index contributed by atoms with van der Waals surface area (Å²) in [5.41, 5.74) is -7.26. The maximum atomic E-state index is 13.2. The number of nitrogens with one attached hydrogen (secondary N) is 1. The van der Waals surface area contributed by atoms with Crippen LogP contribution in [0.15, 0.2) is 17.0 Å². The third kappa shape index (κ3) is 6.29. The highest BCUT2D eigenvalue weighted by Crippen LogP contribution is 2.45. The predicted octanol–water partition coefficient (Wildman–Crippen LogP) is 6.35. The molecule has 0 fully saturated rings. The van der Waals surface area contributed by atoms with Gasteiger partial charge in [-0.1, -0.05) is 37.0 Å². The van der Waals surface area contributed by atoms with Crippen LogP contribution < -0.4 is 5.32 Å². The Labute approximate surface area is 204 Å². The first-order valence-electron chi connectivity index (χ1n) is 9.54. The summed E-state index contributed by atoms with van der Waals surface area (Å²) in [6, 6.07) is 1.71. The number of rotatable bonds is 7. The fourth-order valence-corrected chi connectivity index (χ4v) is 4.35. The molecule has 0 spiro atoms. The molecule has 0 aliphatic carbocycles. The highest BCUT2D eigenvalue weighted by molar-refractivity contribution is 8.00. The Morgan fingerprint density at radius 1 is 1.21 bits per heavy atom. The Bertz CT molecular complexity index is 1090. The van der Waals surface area contributed by atoms with E-state index >= 15 is 0 Å². The molecule has 0 bridgehead atoms. The topological polar surface area (TPSA) is 74.0 Å². The standard InChI is InChI=1S/C19H17Cl2F6N5OS/c1-4-31(5-2)9(3)17(33)29-16-15(34-19(25,26)27)13(8-28)30-32(16)14-11(20)6-10(7-12(14)21)18(22,23)24/h6-7,9H,4-5H2,1-3H3,(H,29,33). The summed E-state index contributed by atoms with van der Waals surface area (Å²) in [5, 5.41) is 14.2. The van der Waals surface area contributed by atoms with Crippen LogP contribution in [0.3, 0.4) is 0 Å². The second-order valence-electron chi connectivity index (χ2n) is 6.77. The van der Waals surface area contributed by atoms with Crippen LogP contribution >= 0.6 is 35.0 Å². The molecule has 2 rings (SSSR count). The molecule has 15 heteroatoms. The van der Waals surface area contributed by atoms with Gasteiger partial charge in [0, 0.05) is 0 Å². The minimum atomic E-state index is -4.88. The predicted molar refractivity (Wildman–Crippen MR) is 116 cm³/mol. The summed E-state index contributed by atoms with van der Waals surface area (Å²) in [7, 11) is 0. The van der Waals surface area contributed by atoms with Gasteiger partial charge in [0.15, 0.2) is 11.5 Å². The fraction of sp³-hybridized carbons (Fsp3) is 0.421. The number of likely N-dealkylation sites (N-methyl/N-ethyl adjacent to an activating group) is 1. The smallest absolute Gasteiger partial charge is 0.308 e. The summed E-state index contributed by atoms with van der Waals surface area (Å²) in [4.78, 5) is 13.8. The van der Waals surface area contributed by atoms with E-state index in [0.717, 1.165) is 0 Å². The van der Waals surface area contributed by atoms with Crippen LogP contribution in [-0.2, 0) is 11.0 Å². The van der Waals surface area contributed by atoms with Crippen LogP contribution in [0.1, 0.15) is 32.0 Å². The number of nitrogens with zero attached hydrogens (tertiary/aromatic N) is 4. The number of hydrogen-bond donors (Lipinski definition) is 1. The number of thioether (sulfide) groups is 1. The molecule has 0 saturated heterocycles. The summed E-state index contributed by atoms with van der Waals surface area (Å²) in [6.45, 7) is 5.97. The number of aromatic nitrogens is 2. The van der Waals surface area contributed by atoms with Gasteiger partial charge in [-0.25, -0.2) is 4.68 Å². The molecule has 34 heavy (non-hydrogen) atoms. The molecule has 0 saturated carbocycles. The van der Waals surface area contributed by atoms with Crippen LogP contribution in [-0.4, -0.2) is 45.2 Å². The maximum absolute atomic E-state index is 13.2. The van der Waals surface area contributed by atoms with E-state index < -0.39 is 73.1 Å². The normalized spacial score (nSPS) is 13.1. The van der Waals surface area contributed by atoms with Gasteiger partial charge in [0.2, 0.25) is 5.91 Å². The Kier molecular flexibility index (Phi) is 8.79. The Balaban J connectivity index is 2.75. The van der Waals surface area contributed by atoms with Crippen LogP contribution in [0, 0.1) is 11.3 Å². The van der Waals surface area contributed by atoms with Gasteiger partial charge >= 0.3 is 11.7 Å². The second kappa shape index (κ2) is 10.6. The average Bonchev–Trinajstić information content (AvgIpc) is 3.03. The van der Waals surface area contributed by atoms with Crippen molar-refractivity contribution in [3.05, 3.63) is 33.4 Å². The number of hydrogen-bond acceptors (Lipinski definition) is 5. The molecule has 0 radical (unpaired) electrons. The second-order valence-corrected chi connectivity index (χ2v) is 8.66. The fourth-order valence-electron chi connectivity index (χ4n) is 3.05. The monoisotopic (exact) mass is 547 g/mol. The molecule has 1 atom stereocenters. The minimum absolute atomic E-state index is 0.437. The van der Waals surface area contributed by atoms with Crippen LogP contribution in [0.4, 0.5) is 32.2 Å². The highest BCUT2D eigenvalue weighted by atomic mass is 35.5. The molecule has 1 N–H and O–H groups in total. The molecule has 6 nitrogen and oxygen atoms in total. The number of anilines is 1. The van der Waals surface area contributed by atoms with Gasteiger partial charge < -0.3 is 5.32 Å². The van der Waals surface area contributed by atoms with Crippen LogP contribution in [0.2, 0.25) is 10.0 Å². The van der Waals surface area contributed by atoms with Gasteiger partial charge in [-0.15, -0.1) is 0 Å². The Hall–Kier alpha value is -2.14. The summed E-state index contributed by atoms with van der Waals surface area (Å²) in [5.74, 6) is -1.34. The Morgan fingerprint density at radius 2 is 1.74 bits per heavy atom. The summed E-state index contributed by atoms with van der Waals surface area (Å²) < 4.78 is 79.7. The van der Waals surface area contributed by atoms with Crippen molar-refractivity contribution in [3.63, 3.8) is 0 Å². The van der Waals surface area contributed by atoms with Crippen molar-refractivity contribution in [2.75, 3.05) is 18.4 Å². The maximum Gasteiger partial charge on any atom is 0.446 e. The SMILES string of the molecule is CCN(CC)C(C)C(=O)Nc1c(SC(F)(F)F)c(C#N)nn1-c1c(Cl)cc(C(F)(F)F)cc1Cl. The van der Waals surface area contributed by atoms with E-state index in [9.17, 15) is 36.4 Å². The lowest BCUT2D eigenvalue weighted by Gasteiger charge is -2.25. The first-order chi connectivity index (χ1) is 15.6. The van der Waals surface area contributed by atoms with Crippen molar-refractivity contribution in [1.82, 2.24) is 14.7 Å².